The molecule has 0 amide bonds. The maximum Gasteiger partial charge on any atom is 0.218 e. The molecule has 0 aliphatic heterocycles. The van der Waals surface area contributed by atoms with Gasteiger partial charge in [0.2, 0.25) is 5.06 Å². The van der Waals surface area contributed by atoms with Crippen molar-refractivity contribution in [1.82, 2.24) is 9.27 Å². The SMILES string of the molecule is Cc1cc(N=CN(C)C(C)C)c(Cl)cc1Oc1snc(-c2ccc(F)cc2Cl)c1C#N. The zero-order chi connectivity index (χ0) is 22.7. The number of rotatable bonds is 6. The van der Waals surface area contributed by atoms with E-state index in [4.69, 9.17) is 27.9 Å². The minimum absolute atomic E-state index is 0.168. The van der Waals surface area contributed by atoms with Gasteiger partial charge in [0.15, 0.2) is 0 Å². The number of benzene rings is 2. The van der Waals surface area contributed by atoms with Gasteiger partial charge in [-0.25, -0.2) is 9.38 Å². The summed E-state index contributed by atoms with van der Waals surface area (Å²) in [7, 11) is 1.94. The monoisotopic (exact) mass is 476 g/mol. The summed E-state index contributed by atoms with van der Waals surface area (Å²) in [5.41, 5.74) is 2.42. The number of aliphatic imine (C=N–C) groups is 1. The third kappa shape index (κ3) is 5.16. The Kier molecular flexibility index (Phi) is 7.16. The summed E-state index contributed by atoms with van der Waals surface area (Å²) in [6.45, 7) is 5.98. The first kappa shape index (κ1) is 23.0. The van der Waals surface area contributed by atoms with E-state index in [9.17, 15) is 9.65 Å². The van der Waals surface area contributed by atoms with Gasteiger partial charge in [-0.05, 0) is 50.6 Å². The highest BCUT2D eigenvalue weighted by Crippen LogP contribution is 2.41. The van der Waals surface area contributed by atoms with Gasteiger partial charge in [0.05, 0.1) is 22.1 Å². The number of aromatic nitrogens is 1. The van der Waals surface area contributed by atoms with Crippen molar-refractivity contribution < 1.29 is 9.13 Å². The molecule has 0 radical (unpaired) electrons. The van der Waals surface area contributed by atoms with Crippen molar-refractivity contribution in [1.29, 1.82) is 5.26 Å². The molecule has 0 atom stereocenters. The Morgan fingerprint density at radius 3 is 2.65 bits per heavy atom. The largest absolute Gasteiger partial charge is 0.443 e. The van der Waals surface area contributed by atoms with Gasteiger partial charge in [-0.3, -0.25) is 0 Å². The lowest BCUT2D eigenvalue weighted by Crippen LogP contribution is -2.24. The molecule has 0 fully saturated rings. The summed E-state index contributed by atoms with van der Waals surface area (Å²) >= 11 is 13.5. The van der Waals surface area contributed by atoms with Crippen LogP contribution in [0.4, 0.5) is 10.1 Å². The molecule has 3 rings (SSSR count). The van der Waals surface area contributed by atoms with Gasteiger partial charge in [0, 0.05) is 36.3 Å². The molecule has 0 spiro atoms. The van der Waals surface area contributed by atoms with Crippen molar-refractivity contribution >= 4 is 46.8 Å². The first-order valence-corrected chi connectivity index (χ1v) is 10.8. The van der Waals surface area contributed by atoms with Crippen LogP contribution in [0.1, 0.15) is 25.0 Å². The second-order valence-electron chi connectivity index (χ2n) is 7.10. The van der Waals surface area contributed by atoms with Crippen molar-refractivity contribution in [2.45, 2.75) is 26.8 Å². The van der Waals surface area contributed by atoms with Crippen molar-refractivity contribution in [3.63, 3.8) is 0 Å². The molecular formula is C22H19Cl2FN4OS. The van der Waals surface area contributed by atoms with Crippen molar-refractivity contribution in [3.05, 3.63) is 57.3 Å². The molecule has 0 N–H and O–H groups in total. The van der Waals surface area contributed by atoms with Crippen LogP contribution in [0, 0.1) is 24.1 Å². The van der Waals surface area contributed by atoms with Crippen LogP contribution >= 0.6 is 34.7 Å². The van der Waals surface area contributed by atoms with Crippen molar-refractivity contribution in [2.24, 2.45) is 4.99 Å². The smallest absolute Gasteiger partial charge is 0.218 e. The average Bonchev–Trinajstić information content (AvgIpc) is 3.11. The molecule has 0 unspecified atom stereocenters. The van der Waals surface area contributed by atoms with Gasteiger partial charge >= 0.3 is 0 Å². The second kappa shape index (κ2) is 9.65. The Hall–Kier alpha value is -2.66. The first-order valence-electron chi connectivity index (χ1n) is 9.30. The minimum atomic E-state index is -0.466. The molecule has 0 saturated heterocycles. The maximum atomic E-state index is 13.4. The van der Waals surface area contributed by atoms with Crippen LogP contribution in [0.2, 0.25) is 10.0 Å². The van der Waals surface area contributed by atoms with Gasteiger partial charge < -0.3 is 9.64 Å². The van der Waals surface area contributed by atoms with E-state index in [1.54, 1.807) is 12.4 Å². The Balaban J connectivity index is 1.92. The van der Waals surface area contributed by atoms with Crippen LogP contribution < -0.4 is 4.74 Å². The van der Waals surface area contributed by atoms with Crippen LogP contribution in [0.5, 0.6) is 10.8 Å². The Morgan fingerprint density at radius 1 is 1.26 bits per heavy atom. The van der Waals surface area contributed by atoms with E-state index in [0.717, 1.165) is 17.1 Å². The third-order valence-electron chi connectivity index (χ3n) is 4.60. The fraction of sp³-hybridized carbons (Fsp3) is 0.227. The van der Waals surface area contributed by atoms with Crippen LogP contribution in [-0.2, 0) is 0 Å². The van der Waals surface area contributed by atoms with Crippen LogP contribution in [0.25, 0.3) is 11.3 Å². The van der Waals surface area contributed by atoms with E-state index in [0.29, 0.717) is 38.8 Å². The Bertz CT molecular complexity index is 1190. The summed E-state index contributed by atoms with van der Waals surface area (Å²) in [5.74, 6) is 0.0182. The predicted molar refractivity (Wildman–Crippen MR) is 125 cm³/mol. The van der Waals surface area contributed by atoms with Gasteiger partial charge in [-0.1, -0.05) is 23.2 Å². The van der Waals surface area contributed by atoms with Crippen LogP contribution in [0.15, 0.2) is 35.3 Å². The van der Waals surface area contributed by atoms with E-state index < -0.39 is 5.82 Å². The van der Waals surface area contributed by atoms with Gasteiger partial charge in [-0.2, -0.15) is 9.64 Å². The Labute approximate surface area is 194 Å². The highest BCUT2D eigenvalue weighted by atomic mass is 35.5. The van der Waals surface area contributed by atoms with Crippen LogP contribution in [0.3, 0.4) is 0 Å². The zero-order valence-corrected chi connectivity index (χ0v) is 19.6. The highest BCUT2D eigenvalue weighted by molar-refractivity contribution is 7.08. The molecule has 31 heavy (non-hydrogen) atoms. The molecule has 2 aromatic carbocycles. The lowest BCUT2D eigenvalue weighted by molar-refractivity contribution is 0.429. The molecule has 0 bridgehead atoms. The molecule has 3 aromatic rings. The number of nitriles is 1. The molecule has 0 aliphatic carbocycles. The number of nitrogens with zero attached hydrogens (tertiary/aromatic N) is 4. The lowest BCUT2D eigenvalue weighted by atomic mass is 10.1. The van der Waals surface area contributed by atoms with E-state index in [2.05, 4.69) is 29.3 Å². The fourth-order valence-corrected chi connectivity index (χ4v) is 3.74. The zero-order valence-electron chi connectivity index (χ0n) is 17.3. The molecule has 1 aromatic heterocycles. The molecule has 0 saturated carbocycles. The first-order chi connectivity index (χ1) is 14.7. The molecular weight excluding hydrogens is 458 g/mol. The van der Waals surface area contributed by atoms with Gasteiger partial charge in [-0.15, -0.1) is 0 Å². The topological polar surface area (TPSA) is 61.5 Å². The summed E-state index contributed by atoms with van der Waals surface area (Å²) in [4.78, 5) is 6.40. The lowest BCUT2D eigenvalue weighted by Gasteiger charge is -2.17. The molecule has 1 heterocycles. The van der Waals surface area contributed by atoms with Gasteiger partial charge in [0.25, 0.3) is 0 Å². The predicted octanol–water partition coefficient (Wildman–Crippen LogP) is 7.23. The van der Waals surface area contributed by atoms with E-state index in [1.807, 2.05) is 24.9 Å². The molecule has 5 nitrogen and oxygen atoms in total. The molecule has 9 heteroatoms. The Morgan fingerprint density at radius 2 is 2.00 bits per heavy atom. The van der Waals surface area contributed by atoms with E-state index in [1.165, 1.54) is 18.2 Å². The fourth-order valence-electron chi connectivity index (χ4n) is 2.55. The standard InChI is InChI=1S/C22H19Cl2FN4OS/c1-12(2)29(4)11-27-19-7-13(3)20(9-18(19)24)30-22-16(10-26)21(28-31-22)15-6-5-14(25)8-17(15)23/h5-9,11-12H,1-4H3. The van der Waals surface area contributed by atoms with Crippen molar-refractivity contribution in [3.8, 4) is 28.1 Å². The molecule has 0 aliphatic rings. The third-order valence-corrected chi connectivity index (χ3v) is 5.94. The number of ether oxygens (including phenoxy) is 1. The molecule has 160 valence electrons. The van der Waals surface area contributed by atoms with Crippen molar-refractivity contribution in [2.75, 3.05) is 7.05 Å². The highest BCUT2D eigenvalue weighted by Gasteiger charge is 2.20. The quantitative estimate of drug-likeness (QED) is 0.278. The van der Waals surface area contributed by atoms with Crippen LogP contribution in [-0.4, -0.2) is 28.7 Å². The van der Waals surface area contributed by atoms with E-state index in [-0.39, 0.29) is 10.6 Å². The number of halogens is 3. The summed E-state index contributed by atoms with van der Waals surface area (Å²) < 4.78 is 23.6. The summed E-state index contributed by atoms with van der Waals surface area (Å²) in [5, 5.41) is 10.6. The maximum absolute atomic E-state index is 13.4. The van der Waals surface area contributed by atoms with Gasteiger partial charge in [0.1, 0.15) is 28.9 Å². The number of hydrogen-bond donors (Lipinski definition) is 0. The normalized spacial score (nSPS) is 11.2. The minimum Gasteiger partial charge on any atom is -0.443 e. The second-order valence-corrected chi connectivity index (χ2v) is 8.65. The summed E-state index contributed by atoms with van der Waals surface area (Å²) in [6.07, 6.45) is 1.72. The van der Waals surface area contributed by atoms with E-state index >= 15 is 0 Å². The number of aryl methyl sites for hydroxylation is 1. The number of hydrogen-bond acceptors (Lipinski definition) is 5. The average molecular weight is 477 g/mol. The summed E-state index contributed by atoms with van der Waals surface area (Å²) in [6, 6.07) is 9.81.